The van der Waals surface area contributed by atoms with E-state index in [1.54, 1.807) is 0 Å². The van der Waals surface area contributed by atoms with E-state index in [0.717, 1.165) is 27.9 Å². The quantitative estimate of drug-likeness (QED) is 0.385. The average molecular weight is 390 g/mol. The summed E-state index contributed by atoms with van der Waals surface area (Å²) in [6.07, 6.45) is 0. The molecule has 0 aliphatic heterocycles. The lowest BCUT2D eigenvalue weighted by atomic mass is 10.2. The molecule has 1 heterocycles. The third-order valence-corrected chi connectivity index (χ3v) is 4.99. The average Bonchev–Trinajstić information content (AvgIpc) is 3.14. The van der Waals surface area contributed by atoms with Crippen LogP contribution in [0.3, 0.4) is 0 Å². The topological polar surface area (TPSA) is 40.8 Å². The van der Waals surface area contributed by atoms with Gasteiger partial charge >= 0.3 is 11.0 Å². The van der Waals surface area contributed by atoms with Crippen LogP contribution < -0.4 is 14.6 Å². The van der Waals surface area contributed by atoms with Crippen molar-refractivity contribution in [3.8, 4) is 17.1 Å². The van der Waals surface area contributed by atoms with Crippen LogP contribution in [-0.4, -0.2) is 10.1 Å². The van der Waals surface area contributed by atoms with Gasteiger partial charge in [-0.05, 0) is 53.6 Å². The first-order valence-corrected chi connectivity index (χ1v) is 9.65. The molecule has 0 radical (unpaired) electrons. The number of hydrogen-bond donors (Lipinski definition) is 2. The molecule has 1 aromatic heterocycles. The summed E-state index contributed by atoms with van der Waals surface area (Å²) in [5.41, 5.74) is 3.04. The molecule has 0 bridgehead atoms. The Hall–Kier alpha value is -3.09. The van der Waals surface area contributed by atoms with E-state index in [-0.39, 0.29) is 0 Å². The fourth-order valence-corrected chi connectivity index (χ4v) is 3.82. The molecule has 4 nitrogen and oxygen atoms in total. The van der Waals surface area contributed by atoms with E-state index in [9.17, 15) is 0 Å². The van der Waals surface area contributed by atoms with Gasteiger partial charge in [0, 0.05) is 5.69 Å². The van der Waals surface area contributed by atoms with Gasteiger partial charge in [-0.15, -0.1) is 3.96 Å². The second-order valence-corrected chi connectivity index (χ2v) is 7.12. The number of nitrogens with zero attached hydrogens (tertiary/aromatic N) is 2. The van der Waals surface area contributed by atoms with Crippen LogP contribution in [0.1, 0.15) is 0 Å². The fraction of sp³-hybridized carbons (Fsp3) is 0. The minimum Gasteiger partial charge on any atom is -0.332 e. The molecule has 0 saturated heterocycles. The predicted molar refractivity (Wildman–Crippen MR) is 115 cm³/mol. The maximum absolute atomic E-state index is 5.44. The molecular weight excluding hydrogens is 372 g/mol. The van der Waals surface area contributed by atoms with Crippen molar-refractivity contribution >= 4 is 39.7 Å². The van der Waals surface area contributed by atoms with E-state index in [4.69, 9.17) is 17.2 Å². The third-order valence-electron chi connectivity index (χ3n) is 3.85. The summed E-state index contributed by atoms with van der Waals surface area (Å²) in [6, 6.07) is 30.1. The van der Waals surface area contributed by atoms with Gasteiger partial charge in [0.05, 0.1) is 5.56 Å². The molecule has 3 aromatic carbocycles. The number of aromatic nitrogens is 2. The minimum absolute atomic E-state index is 0.509. The molecule has 4 rings (SSSR count). The smallest absolute Gasteiger partial charge is 0.332 e. The molecule has 27 heavy (non-hydrogen) atoms. The van der Waals surface area contributed by atoms with E-state index in [1.165, 1.54) is 11.5 Å². The maximum atomic E-state index is 5.44. The zero-order valence-electron chi connectivity index (χ0n) is 14.4. The highest BCUT2D eigenvalue weighted by Crippen LogP contribution is 2.22. The summed E-state index contributed by atoms with van der Waals surface area (Å²) in [4.78, 5) is 4.78. The van der Waals surface area contributed by atoms with Gasteiger partial charge in [-0.25, -0.2) is 0 Å². The summed E-state index contributed by atoms with van der Waals surface area (Å²) in [7, 11) is 0. The summed E-state index contributed by atoms with van der Waals surface area (Å²) >= 11 is 6.95. The molecule has 0 unspecified atom stereocenters. The normalized spacial score (nSPS) is 10.4. The predicted octanol–water partition coefficient (Wildman–Crippen LogP) is 4.90. The zero-order valence-corrected chi connectivity index (χ0v) is 16.0. The van der Waals surface area contributed by atoms with Gasteiger partial charge in [0.1, 0.15) is 17.2 Å². The number of nitrogens with one attached hydrogen (secondary N) is 2. The molecule has 6 heteroatoms. The Morgan fingerprint density at radius 3 is 2.04 bits per heavy atom. The van der Waals surface area contributed by atoms with Crippen molar-refractivity contribution in [1.29, 1.82) is 0 Å². The van der Waals surface area contributed by atoms with Crippen molar-refractivity contribution < 1.29 is 3.96 Å². The minimum atomic E-state index is 0.509. The summed E-state index contributed by atoms with van der Waals surface area (Å²) < 4.78 is 2.10. The summed E-state index contributed by atoms with van der Waals surface area (Å²) in [5, 5.41) is 7.61. The Morgan fingerprint density at radius 2 is 1.37 bits per heavy atom. The number of hydrogen-bond acceptors (Lipinski definition) is 3. The molecule has 0 aliphatic rings. The van der Waals surface area contributed by atoms with Crippen LogP contribution in [0.15, 0.2) is 91.0 Å². The second-order valence-electron chi connectivity index (χ2n) is 5.77. The highest BCUT2D eigenvalue weighted by Gasteiger charge is 2.24. The number of benzene rings is 3. The number of anilines is 2. The second kappa shape index (κ2) is 8.07. The number of thiocarbonyl (C=S) groups is 1. The Labute approximate surface area is 167 Å². The monoisotopic (exact) mass is 389 g/mol. The van der Waals surface area contributed by atoms with E-state index >= 15 is 0 Å². The van der Waals surface area contributed by atoms with Crippen molar-refractivity contribution in [2.75, 3.05) is 10.6 Å². The molecule has 0 atom stereocenters. The SMILES string of the molecule is S=C(Nc1ccccc1)Nc1nc(-c2ccccc2)[n+](-c2ccccc2)s1. The molecule has 0 spiro atoms. The number of rotatable bonds is 4. The molecular formula is C21H17N4S2+. The first kappa shape index (κ1) is 17.3. The van der Waals surface area contributed by atoms with Gasteiger partial charge in [0.2, 0.25) is 0 Å². The van der Waals surface area contributed by atoms with Crippen molar-refractivity contribution in [3.05, 3.63) is 91.0 Å². The zero-order chi connectivity index (χ0) is 18.5. The Bertz CT molecular complexity index is 975. The first-order chi connectivity index (χ1) is 13.3. The molecule has 2 N–H and O–H groups in total. The van der Waals surface area contributed by atoms with Gasteiger partial charge in [-0.2, -0.15) is 0 Å². The van der Waals surface area contributed by atoms with Gasteiger partial charge in [-0.1, -0.05) is 54.6 Å². The molecule has 4 aromatic rings. The van der Waals surface area contributed by atoms with E-state index < -0.39 is 0 Å². The van der Waals surface area contributed by atoms with Gasteiger partial charge in [0.15, 0.2) is 5.11 Å². The van der Waals surface area contributed by atoms with Crippen molar-refractivity contribution in [2.24, 2.45) is 0 Å². The van der Waals surface area contributed by atoms with Crippen LogP contribution in [0.5, 0.6) is 0 Å². The Morgan fingerprint density at radius 1 is 0.778 bits per heavy atom. The molecule has 0 aliphatic carbocycles. The van der Waals surface area contributed by atoms with Crippen LogP contribution >= 0.6 is 23.8 Å². The fourth-order valence-electron chi connectivity index (χ4n) is 2.63. The summed E-state index contributed by atoms with van der Waals surface area (Å²) in [5.74, 6) is 0.872. The lowest BCUT2D eigenvalue weighted by molar-refractivity contribution is -0.509. The summed E-state index contributed by atoms with van der Waals surface area (Å²) in [6.45, 7) is 0. The van der Waals surface area contributed by atoms with E-state index in [2.05, 4.69) is 38.9 Å². The van der Waals surface area contributed by atoms with Gasteiger partial charge < -0.3 is 5.32 Å². The largest absolute Gasteiger partial charge is 0.350 e. The van der Waals surface area contributed by atoms with E-state index in [1.807, 2.05) is 66.7 Å². The molecule has 0 saturated carbocycles. The molecule has 132 valence electrons. The number of para-hydroxylation sites is 2. The van der Waals surface area contributed by atoms with Crippen molar-refractivity contribution in [1.82, 2.24) is 4.98 Å². The molecule has 0 amide bonds. The Kier molecular flexibility index (Phi) is 5.18. The highest BCUT2D eigenvalue weighted by molar-refractivity contribution is 7.80. The van der Waals surface area contributed by atoms with Gasteiger partial charge in [-0.3, -0.25) is 5.32 Å². The van der Waals surface area contributed by atoms with Gasteiger partial charge in [0.25, 0.3) is 0 Å². The van der Waals surface area contributed by atoms with Crippen LogP contribution in [-0.2, 0) is 0 Å². The standard InChI is InChI=1S/C21H16N4S2/c26-20(22-17-12-6-2-7-13-17)24-21-23-19(16-10-4-1-5-11-16)25(27-21)18-14-8-3-9-15-18/h1-15H,(H,22,26)/p+1. The van der Waals surface area contributed by atoms with Crippen LogP contribution in [0, 0.1) is 0 Å². The Balaban J connectivity index is 1.64. The molecule has 0 fully saturated rings. The van der Waals surface area contributed by atoms with Crippen LogP contribution in [0.25, 0.3) is 17.1 Å². The van der Waals surface area contributed by atoms with Crippen LogP contribution in [0.2, 0.25) is 0 Å². The first-order valence-electron chi connectivity index (χ1n) is 8.47. The highest BCUT2D eigenvalue weighted by atomic mass is 32.1. The third kappa shape index (κ3) is 4.19. The van der Waals surface area contributed by atoms with Crippen molar-refractivity contribution in [2.45, 2.75) is 0 Å². The maximum Gasteiger partial charge on any atom is 0.350 e. The lowest BCUT2D eigenvalue weighted by Gasteiger charge is -2.05. The lowest BCUT2D eigenvalue weighted by Crippen LogP contribution is -2.27. The van der Waals surface area contributed by atoms with Crippen LogP contribution in [0.4, 0.5) is 10.8 Å². The van der Waals surface area contributed by atoms with Crippen molar-refractivity contribution in [3.63, 3.8) is 0 Å². The van der Waals surface area contributed by atoms with E-state index in [0.29, 0.717) is 5.11 Å².